The normalized spacial score (nSPS) is 20.1. The number of halogens is 1. The van der Waals surface area contributed by atoms with E-state index in [1.165, 1.54) is 0 Å². The van der Waals surface area contributed by atoms with Gasteiger partial charge in [0.05, 0.1) is 6.10 Å². The maximum atomic E-state index is 11.9. The SMILES string of the molecule is CN(C)C(=O)CN=C(NCC1CCCO1)NC1CCN(c2ncccn2)CC1.I. The molecule has 2 aliphatic rings. The molecule has 29 heavy (non-hydrogen) atoms. The molecule has 162 valence electrons. The fourth-order valence-electron chi connectivity index (χ4n) is 3.33. The van der Waals surface area contributed by atoms with Crippen LogP contribution in [-0.2, 0) is 9.53 Å². The summed E-state index contributed by atoms with van der Waals surface area (Å²) in [4.78, 5) is 28.8. The molecule has 1 aromatic rings. The topological polar surface area (TPSA) is 95.0 Å². The quantitative estimate of drug-likeness (QED) is 0.329. The average molecular weight is 517 g/mol. The third kappa shape index (κ3) is 7.57. The molecule has 2 fully saturated rings. The zero-order chi connectivity index (χ0) is 19.8. The molecule has 9 nitrogen and oxygen atoms in total. The summed E-state index contributed by atoms with van der Waals surface area (Å²) in [5.41, 5.74) is 0. The number of ether oxygens (including phenoxy) is 1. The Labute approximate surface area is 189 Å². The number of likely N-dealkylation sites (N-methyl/N-ethyl adjacent to an activating group) is 1. The smallest absolute Gasteiger partial charge is 0.243 e. The van der Waals surface area contributed by atoms with Crippen molar-refractivity contribution in [1.82, 2.24) is 25.5 Å². The number of aromatic nitrogens is 2. The highest BCUT2D eigenvalue weighted by molar-refractivity contribution is 14.0. The first-order valence-corrected chi connectivity index (χ1v) is 10.0. The molecule has 2 N–H and O–H groups in total. The Hall–Kier alpha value is -1.69. The van der Waals surface area contributed by atoms with E-state index in [-0.39, 0.29) is 42.5 Å². The predicted octanol–water partition coefficient (Wildman–Crippen LogP) is 0.866. The minimum atomic E-state index is -0.0192. The Morgan fingerprint density at radius 1 is 1.28 bits per heavy atom. The van der Waals surface area contributed by atoms with E-state index in [0.717, 1.165) is 51.3 Å². The standard InChI is InChI=1S/C19H31N7O2.HI/c1-25(2)17(27)14-23-18(22-13-16-5-3-12-28-16)24-15-6-10-26(11-7-15)19-20-8-4-9-21-19;/h4,8-9,15-16H,3,5-7,10-14H2,1-2H3,(H2,22,23,24);1H. The van der Waals surface area contributed by atoms with Gasteiger partial charge in [-0.3, -0.25) is 4.79 Å². The van der Waals surface area contributed by atoms with Crippen LogP contribution in [0.15, 0.2) is 23.5 Å². The molecule has 3 heterocycles. The van der Waals surface area contributed by atoms with E-state index in [1.54, 1.807) is 31.4 Å². The summed E-state index contributed by atoms with van der Waals surface area (Å²) < 4.78 is 5.68. The lowest BCUT2D eigenvalue weighted by molar-refractivity contribution is -0.127. The Bertz CT molecular complexity index is 645. The number of rotatable bonds is 6. The Kier molecular flexibility index (Phi) is 9.85. The van der Waals surface area contributed by atoms with Crippen LogP contribution in [-0.4, -0.2) is 85.8 Å². The van der Waals surface area contributed by atoms with Gasteiger partial charge in [-0.05, 0) is 31.7 Å². The van der Waals surface area contributed by atoms with Gasteiger partial charge in [-0.2, -0.15) is 0 Å². The number of nitrogens with zero attached hydrogens (tertiary/aromatic N) is 5. The van der Waals surface area contributed by atoms with Crippen LogP contribution in [0.1, 0.15) is 25.7 Å². The van der Waals surface area contributed by atoms with E-state index in [2.05, 4.69) is 30.5 Å². The molecule has 3 rings (SSSR count). The van der Waals surface area contributed by atoms with E-state index >= 15 is 0 Å². The molecule has 0 radical (unpaired) electrons. The first-order chi connectivity index (χ1) is 13.6. The molecular weight excluding hydrogens is 485 g/mol. The van der Waals surface area contributed by atoms with Crippen molar-refractivity contribution in [3.05, 3.63) is 18.5 Å². The monoisotopic (exact) mass is 517 g/mol. The molecule has 1 atom stereocenters. The maximum Gasteiger partial charge on any atom is 0.243 e. The van der Waals surface area contributed by atoms with E-state index in [9.17, 15) is 4.79 Å². The molecule has 10 heteroatoms. The highest BCUT2D eigenvalue weighted by Gasteiger charge is 2.22. The number of aliphatic imine (C=N–C) groups is 1. The largest absolute Gasteiger partial charge is 0.376 e. The van der Waals surface area contributed by atoms with E-state index < -0.39 is 0 Å². The van der Waals surface area contributed by atoms with Crippen LogP contribution < -0.4 is 15.5 Å². The van der Waals surface area contributed by atoms with Crippen molar-refractivity contribution in [2.75, 3.05) is 51.8 Å². The second-order valence-corrected chi connectivity index (χ2v) is 7.42. The van der Waals surface area contributed by atoms with Gasteiger partial charge in [0.2, 0.25) is 11.9 Å². The molecular formula is C19H32IN7O2. The van der Waals surface area contributed by atoms with E-state index in [1.807, 2.05) is 6.07 Å². The summed E-state index contributed by atoms with van der Waals surface area (Å²) in [5.74, 6) is 1.44. The number of anilines is 1. The number of carbonyl (C=O) groups is 1. The van der Waals surface area contributed by atoms with Gasteiger partial charge in [0.15, 0.2) is 5.96 Å². The fraction of sp³-hybridized carbons (Fsp3) is 0.684. The van der Waals surface area contributed by atoms with Crippen molar-refractivity contribution in [2.24, 2.45) is 4.99 Å². The van der Waals surface area contributed by atoms with Gasteiger partial charge < -0.3 is 25.2 Å². The first kappa shape index (κ1) is 23.6. The molecule has 0 aromatic carbocycles. The van der Waals surface area contributed by atoms with Gasteiger partial charge in [0, 0.05) is 58.8 Å². The van der Waals surface area contributed by atoms with Crippen LogP contribution in [0.5, 0.6) is 0 Å². The Morgan fingerprint density at radius 3 is 2.62 bits per heavy atom. The van der Waals surface area contributed by atoms with Gasteiger partial charge in [0.1, 0.15) is 6.54 Å². The summed E-state index contributed by atoms with van der Waals surface area (Å²) in [6.45, 7) is 3.43. The van der Waals surface area contributed by atoms with E-state index in [4.69, 9.17) is 4.74 Å². The molecule has 2 aliphatic heterocycles. The highest BCUT2D eigenvalue weighted by atomic mass is 127. The molecule has 0 spiro atoms. The van der Waals surface area contributed by atoms with Crippen molar-refractivity contribution >= 4 is 41.8 Å². The third-order valence-corrected chi connectivity index (χ3v) is 5.06. The zero-order valence-corrected chi connectivity index (χ0v) is 19.5. The Balaban J connectivity index is 0.00000300. The number of guanidine groups is 1. The summed E-state index contributed by atoms with van der Waals surface area (Å²) in [7, 11) is 3.48. The number of amides is 1. The summed E-state index contributed by atoms with van der Waals surface area (Å²) in [6.07, 6.45) is 7.84. The van der Waals surface area contributed by atoms with Crippen molar-refractivity contribution in [3.8, 4) is 0 Å². The zero-order valence-electron chi connectivity index (χ0n) is 17.2. The summed E-state index contributed by atoms with van der Waals surface area (Å²) in [6, 6.07) is 2.13. The molecule has 2 saturated heterocycles. The summed E-state index contributed by atoms with van der Waals surface area (Å²) in [5, 5.41) is 6.84. The molecule has 0 saturated carbocycles. The number of hydrogen-bond donors (Lipinski definition) is 2. The van der Waals surface area contributed by atoms with Gasteiger partial charge >= 0.3 is 0 Å². The second-order valence-electron chi connectivity index (χ2n) is 7.42. The van der Waals surface area contributed by atoms with E-state index in [0.29, 0.717) is 18.5 Å². The van der Waals surface area contributed by atoms with Crippen molar-refractivity contribution in [2.45, 2.75) is 37.8 Å². The molecule has 1 amide bonds. The van der Waals surface area contributed by atoms with Crippen molar-refractivity contribution in [1.29, 1.82) is 0 Å². The number of nitrogens with one attached hydrogen (secondary N) is 2. The number of carbonyl (C=O) groups excluding carboxylic acids is 1. The molecule has 1 unspecified atom stereocenters. The molecule has 1 aromatic heterocycles. The summed E-state index contributed by atoms with van der Waals surface area (Å²) >= 11 is 0. The lowest BCUT2D eigenvalue weighted by Gasteiger charge is -2.33. The minimum absolute atomic E-state index is 0. The van der Waals surface area contributed by atoms with Crippen LogP contribution >= 0.6 is 24.0 Å². The van der Waals surface area contributed by atoms with Crippen LogP contribution in [0.25, 0.3) is 0 Å². The van der Waals surface area contributed by atoms with Crippen LogP contribution in [0.3, 0.4) is 0 Å². The average Bonchev–Trinajstić information content (AvgIpc) is 3.24. The maximum absolute atomic E-state index is 11.9. The highest BCUT2D eigenvalue weighted by Crippen LogP contribution is 2.15. The minimum Gasteiger partial charge on any atom is -0.376 e. The lowest BCUT2D eigenvalue weighted by atomic mass is 10.1. The second kappa shape index (κ2) is 12.1. The predicted molar refractivity (Wildman–Crippen MR) is 124 cm³/mol. The van der Waals surface area contributed by atoms with Crippen molar-refractivity contribution in [3.63, 3.8) is 0 Å². The van der Waals surface area contributed by atoms with Crippen LogP contribution in [0, 0.1) is 0 Å². The van der Waals surface area contributed by atoms with Gasteiger partial charge in [-0.25, -0.2) is 15.0 Å². The lowest BCUT2D eigenvalue weighted by Crippen LogP contribution is -2.50. The molecule has 0 bridgehead atoms. The van der Waals surface area contributed by atoms with Gasteiger partial charge in [-0.1, -0.05) is 0 Å². The Morgan fingerprint density at radius 2 is 2.00 bits per heavy atom. The van der Waals surface area contributed by atoms with Crippen LogP contribution in [0.4, 0.5) is 5.95 Å². The third-order valence-electron chi connectivity index (χ3n) is 5.06. The van der Waals surface area contributed by atoms with Gasteiger partial charge in [0.25, 0.3) is 0 Å². The van der Waals surface area contributed by atoms with Crippen molar-refractivity contribution < 1.29 is 9.53 Å². The number of hydrogen-bond acceptors (Lipinski definition) is 6. The number of piperidine rings is 1. The van der Waals surface area contributed by atoms with Gasteiger partial charge in [-0.15, -0.1) is 24.0 Å². The van der Waals surface area contributed by atoms with Crippen LogP contribution in [0.2, 0.25) is 0 Å². The molecule has 0 aliphatic carbocycles. The fourth-order valence-corrected chi connectivity index (χ4v) is 3.33. The first-order valence-electron chi connectivity index (χ1n) is 10.0.